The fourth-order valence-electron chi connectivity index (χ4n) is 3.53. The topological polar surface area (TPSA) is 49.4 Å². The number of halogens is 2. The van der Waals surface area contributed by atoms with Gasteiger partial charge in [0.15, 0.2) is 0 Å². The summed E-state index contributed by atoms with van der Waals surface area (Å²) in [6.07, 6.45) is 3.23. The number of nitrogens with one attached hydrogen (secondary N) is 1. The number of carbonyl (C=O) groups excluding carboxylic acids is 2. The zero-order valence-electron chi connectivity index (χ0n) is 16.3. The Bertz CT molecular complexity index is 912. The molecule has 6 heteroatoms. The van der Waals surface area contributed by atoms with Gasteiger partial charge in [-0.05, 0) is 43.0 Å². The number of rotatable bonds is 5. The van der Waals surface area contributed by atoms with Crippen LogP contribution in [0.2, 0.25) is 0 Å². The zero-order valence-corrected chi connectivity index (χ0v) is 16.3. The highest BCUT2D eigenvalue weighted by Crippen LogP contribution is 2.19. The fourth-order valence-corrected chi connectivity index (χ4v) is 3.53. The van der Waals surface area contributed by atoms with Gasteiger partial charge in [-0.15, -0.1) is 0 Å². The lowest BCUT2D eigenvalue weighted by Gasteiger charge is -2.33. The standard InChI is InChI=1S/C23H24F2N2O2/c1-16(20-10-9-18(24)14-21(20)25)12-22(28)26-19-8-5-11-27(15-19)23(29)13-17-6-3-2-4-7-17/h2-4,6-7,9-10,12,14,19H,5,8,11,13,15H2,1H3,(H,26,28)/b16-12+. The molecule has 2 aromatic carbocycles. The van der Waals surface area contributed by atoms with E-state index in [1.807, 2.05) is 30.3 Å². The summed E-state index contributed by atoms with van der Waals surface area (Å²) in [6, 6.07) is 12.7. The second-order valence-corrected chi connectivity index (χ2v) is 7.30. The van der Waals surface area contributed by atoms with Crippen LogP contribution in [0.25, 0.3) is 5.57 Å². The third kappa shape index (κ3) is 5.73. The van der Waals surface area contributed by atoms with Gasteiger partial charge in [0.25, 0.3) is 0 Å². The second kappa shape index (κ2) is 9.45. The van der Waals surface area contributed by atoms with E-state index in [0.717, 1.165) is 30.5 Å². The molecule has 0 bridgehead atoms. The van der Waals surface area contributed by atoms with Crippen LogP contribution in [0, 0.1) is 11.6 Å². The number of nitrogens with zero attached hydrogens (tertiary/aromatic N) is 1. The molecule has 0 saturated carbocycles. The molecule has 2 aromatic rings. The zero-order chi connectivity index (χ0) is 20.8. The van der Waals surface area contributed by atoms with Crippen molar-refractivity contribution in [2.45, 2.75) is 32.2 Å². The van der Waals surface area contributed by atoms with E-state index in [0.29, 0.717) is 25.1 Å². The van der Waals surface area contributed by atoms with Crippen molar-refractivity contribution >= 4 is 17.4 Å². The van der Waals surface area contributed by atoms with Gasteiger partial charge in [-0.25, -0.2) is 8.78 Å². The Kier molecular flexibility index (Phi) is 6.75. The Morgan fingerprint density at radius 2 is 1.93 bits per heavy atom. The van der Waals surface area contributed by atoms with Crippen LogP contribution in [0.15, 0.2) is 54.6 Å². The molecule has 1 aliphatic heterocycles. The number of allylic oxidation sites excluding steroid dienone is 1. The molecule has 4 nitrogen and oxygen atoms in total. The molecule has 0 radical (unpaired) electrons. The maximum absolute atomic E-state index is 13.9. The second-order valence-electron chi connectivity index (χ2n) is 7.30. The number of hydrogen-bond acceptors (Lipinski definition) is 2. The SMILES string of the molecule is C/C(=C\C(=O)NC1CCCN(C(=O)Cc2ccccc2)C1)c1ccc(F)cc1F. The number of hydrogen-bond donors (Lipinski definition) is 1. The highest BCUT2D eigenvalue weighted by Gasteiger charge is 2.24. The molecule has 152 valence electrons. The third-order valence-corrected chi connectivity index (χ3v) is 5.02. The summed E-state index contributed by atoms with van der Waals surface area (Å²) in [5, 5.41) is 2.89. The summed E-state index contributed by atoms with van der Waals surface area (Å²) in [4.78, 5) is 26.7. The highest BCUT2D eigenvalue weighted by atomic mass is 19.1. The molecular formula is C23H24F2N2O2. The lowest BCUT2D eigenvalue weighted by atomic mass is 10.0. The molecule has 29 heavy (non-hydrogen) atoms. The molecule has 1 unspecified atom stereocenters. The van der Waals surface area contributed by atoms with E-state index in [9.17, 15) is 18.4 Å². The van der Waals surface area contributed by atoms with E-state index in [-0.39, 0.29) is 23.4 Å². The van der Waals surface area contributed by atoms with Crippen molar-refractivity contribution in [3.05, 3.63) is 77.4 Å². The molecule has 2 amide bonds. The van der Waals surface area contributed by atoms with Gasteiger partial charge < -0.3 is 10.2 Å². The molecule has 1 aliphatic rings. The van der Waals surface area contributed by atoms with Gasteiger partial charge in [0, 0.05) is 36.8 Å². The van der Waals surface area contributed by atoms with E-state index < -0.39 is 11.6 Å². The molecule has 1 N–H and O–H groups in total. The maximum Gasteiger partial charge on any atom is 0.244 e. The number of piperidine rings is 1. The van der Waals surface area contributed by atoms with Crippen molar-refractivity contribution in [2.24, 2.45) is 0 Å². The van der Waals surface area contributed by atoms with E-state index >= 15 is 0 Å². The first-order valence-corrected chi connectivity index (χ1v) is 9.68. The molecule has 1 fully saturated rings. The molecule has 1 saturated heterocycles. The van der Waals surface area contributed by atoms with Crippen LogP contribution in [0.1, 0.15) is 30.9 Å². The highest BCUT2D eigenvalue weighted by molar-refractivity contribution is 5.95. The number of amides is 2. The maximum atomic E-state index is 13.9. The van der Waals surface area contributed by atoms with Crippen molar-refractivity contribution in [3.63, 3.8) is 0 Å². The third-order valence-electron chi connectivity index (χ3n) is 5.02. The Labute approximate surface area is 169 Å². The minimum Gasteiger partial charge on any atom is -0.348 e. The first kappa shape index (κ1) is 20.7. The minimum absolute atomic E-state index is 0.0373. The number of carbonyl (C=O) groups is 2. The predicted molar refractivity (Wildman–Crippen MR) is 108 cm³/mol. The average molecular weight is 398 g/mol. The smallest absolute Gasteiger partial charge is 0.244 e. The molecular weight excluding hydrogens is 374 g/mol. The van der Waals surface area contributed by atoms with E-state index in [1.165, 1.54) is 12.1 Å². The van der Waals surface area contributed by atoms with Gasteiger partial charge in [-0.2, -0.15) is 0 Å². The van der Waals surface area contributed by atoms with Gasteiger partial charge in [-0.1, -0.05) is 30.3 Å². The molecule has 1 heterocycles. The Morgan fingerprint density at radius 3 is 2.66 bits per heavy atom. The summed E-state index contributed by atoms with van der Waals surface area (Å²) >= 11 is 0. The van der Waals surface area contributed by atoms with E-state index in [1.54, 1.807) is 11.8 Å². The monoisotopic (exact) mass is 398 g/mol. The van der Waals surface area contributed by atoms with Crippen molar-refractivity contribution in [2.75, 3.05) is 13.1 Å². The quantitative estimate of drug-likeness (QED) is 0.781. The first-order valence-electron chi connectivity index (χ1n) is 9.68. The molecule has 0 spiro atoms. The molecule has 3 rings (SSSR count). The fraction of sp³-hybridized carbons (Fsp3) is 0.304. The summed E-state index contributed by atoms with van der Waals surface area (Å²) in [5.41, 5.74) is 1.56. The van der Waals surface area contributed by atoms with Crippen molar-refractivity contribution in [1.82, 2.24) is 10.2 Å². The van der Waals surface area contributed by atoms with Crippen LogP contribution >= 0.6 is 0 Å². The van der Waals surface area contributed by atoms with Crippen LogP contribution in [0.3, 0.4) is 0 Å². The summed E-state index contributed by atoms with van der Waals surface area (Å²) in [7, 11) is 0. The van der Waals surface area contributed by atoms with Crippen LogP contribution in [-0.4, -0.2) is 35.8 Å². The largest absolute Gasteiger partial charge is 0.348 e. The van der Waals surface area contributed by atoms with Crippen LogP contribution in [0.5, 0.6) is 0 Å². The molecule has 0 aliphatic carbocycles. The van der Waals surface area contributed by atoms with Gasteiger partial charge >= 0.3 is 0 Å². The Balaban J connectivity index is 1.58. The average Bonchev–Trinajstić information content (AvgIpc) is 2.68. The van der Waals surface area contributed by atoms with Gasteiger partial charge in [0.2, 0.25) is 11.8 Å². The summed E-state index contributed by atoms with van der Waals surface area (Å²) in [5.74, 6) is -1.68. The van der Waals surface area contributed by atoms with Gasteiger partial charge in [0.05, 0.1) is 6.42 Å². The van der Waals surface area contributed by atoms with Crippen LogP contribution < -0.4 is 5.32 Å². The van der Waals surface area contributed by atoms with Crippen molar-refractivity contribution in [1.29, 1.82) is 0 Å². The minimum atomic E-state index is -0.707. The Morgan fingerprint density at radius 1 is 1.17 bits per heavy atom. The summed E-state index contributed by atoms with van der Waals surface area (Å²) < 4.78 is 26.9. The van der Waals surface area contributed by atoms with Crippen molar-refractivity contribution < 1.29 is 18.4 Å². The first-order chi connectivity index (χ1) is 13.9. The van der Waals surface area contributed by atoms with E-state index in [2.05, 4.69) is 5.32 Å². The van der Waals surface area contributed by atoms with Gasteiger partial charge in [-0.3, -0.25) is 9.59 Å². The molecule has 0 aromatic heterocycles. The van der Waals surface area contributed by atoms with Gasteiger partial charge in [0.1, 0.15) is 11.6 Å². The number of benzene rings is 2. The molecule has 1 atom stereocenters. The Hall–Kier alpha value is -3.02. The van der Waals surface area contributed by atoms with Crippen LogP contribution in [0.4, 0.5) is 8.78 Å². The lowest BCUT2D eigenvalue weighted by Crippen LogP contribution is -2.49. The predicted octanol–water partition coefficient (Wildman–Crippen LogP) is 3.72. The van der Waals surface area contributed by atoms with Crippen molar-refractivity contribution in [3.8, 4) is 0 Å². The number of likely N-dealkylation sites (tertiary alicyclic amines) is 1. The lowest BCUT2D eigenvalue weighted by molar-refractivity contribution is -0.132. The summed E-state index contributed by atoms with van der Waals surface area (Å²) in [6.45, 7) is 2.73. The normalized spacial score (nSPS) is 17.1. The van der Waals surface area contributed by atoms with E-state index in [4.69, 9.17) is 0 Å². The van der Waals surface area contributed by atoms with Crippen LogP contribution in [-0.2, 0) is 16.0 Å².